The van der Waals surface area contributed by atoms with E-state index in [1.165, 1.54) is 19.2 Å². The summed E-state index contributed by atoms with van der Waals surface area (Å²) in [4.78, 5) is 10.6. The van der Waals surface area contributed by atoms with E-state index in [-0.39, 0.29) is 17.7 Å². The summed E-state index contributed by atoms with van der Waals surface area (Å²) in [6.07, 6.45) is 1.30. The average Bonchev–Trinajstić information content (AvgIpc) is 2.33. The summed E-state index contributed by atoms with van der Waals surface area (Å²) in [6.45, 7) is 0. The van der Waals surface area contributed by atoms with Gasteiger partial charge in [-0.15, -0.1) is 0 Å². The fourth-order valence-electron chi connectivity index (χ4n) is 1.66. The monoisotopic (exact) mass is 287 g/mol. The summed E-state index contributed by atoms with van der Waals surface area (Å²) in [5.74, 6) is -0.581. The highest BCUT2D eigenvalue weighted by molar-refractivity contribution is 7.90. The molecule has 19 heavy (non-hydrogen) atoms. The lowest BCUT2D eigenvalue weighted by atomic mass is 10.0. The minimum Gasteiger partial charge on any atom is -0.496 e. The second-order valence-corrected chi connectivity index (χ2v) is 6.23. The lowest BCUT2D eigenvalue weighted by molar-refractivity contribution is -0.137. The third kappa shape index (κ3) is 4.22. The largest absolute Gasteiger partial charge is 0.496 e. The third-order valence-electron chi connectivity index (χ3n) is 2.70. The Morgan fingerprint density at radius 1 is 1.47 bits per heavy atom. The van der Waals surface area contributed by atoms with Crippen LogP contribution in [0.5, 0.6) is 5.75 Å². The van der Waals surface area contributed by atoms with E-state index in [1.807, 2.05) is 0 Å². The second kappa shape index (κ2) is 6.03. The average molecular weight is 287 g/mol. The summed E-state index contributed by atoms with van der Waals surface area (Å²) in [5, 5.41) is 8.62. The lowest BCUT2D eigenvalue weighted by Gasteiger charge is -2.15. The number of ether oxygens (including phenoxy) is 1. The molecule has 0 radical (unpaired) electrons. The quantitative estimate of drug-likeness (QED) is 0.807. The molecule has 0 aliphatic rings. The fourth-order valence-corrected chi connectivity index (χ4v) is 2.30. The van der Waals surface area contributed by atoms with Crippen molar-refractivity contribution in [2.75, 3.05) is 13.4 Å². The molecule has 0 aliphatic carbocycles. The van der Waals surface area contributed by atoms with Crippen LogP contribution in [-0.2, 0) is 14.6 Å². The number of carboxylic acids is 1. The number of hydrogen-bond donors (Lipinski definition) is 2. The standard InChI is InChI=1S/C12H17NO5S/c1-18-11-7-8(19(2,16)17)3-4-9(11)10(13)5-6-12(14)15/h3-4,7,10H,5-6,13H2,1-2H3,(H,14,15). The van der Waals surface area contributed by atoms with Gasteiger partial charge in [0.15, 0.2) is 9.84 Å². The number of methoxy groups -OCH3 is 1. The first kappa shape index (κ1) is 15.5. The van der Waals surface area contributed by atoms with Crippen LogP contribution in [0.15, 0.2) is 23.1 Å². The van der Waals surface area contributed by atoms with Gasteiger partial charge in [-0.25, -0.2) is 8.42 Å². The van der Waals surface area contributed by atoms with Gasteiger partial charge in [-0.05, 0) is 18.6 Å². The molecule has 6 nitrogen and oxygen atoms in total. The number of rotatable bonds is 6. The molecule has 0 heterocycles. The molecule has 1 aromatic carbocycles. The van der Waals surface area contributed by atoms with E-state index in [1.54, 1.807) is 6.07 Å². The van der Waals surface area contributed by atoms with E-state index in [4.69, 9.17) is 15.6 Å². The number of aliphatic carboxylic acids is 1. The van der Waals surface area contributed by atoms with Crippen molar-refractivity contribution < 1.29 is 23.1 Å². The Labute approximate surface area is 112 Å². The Morgan fingerprint density at radius 2 is 2.11 bits per heavy atom. The predicted octanol–water partition coefficient (Wildman–Crippen LogP) is 0.963. The van der Waals surface area contributed by atoms with Crippen LogP contribution in [0.4, 0.5) is 0 Å². The van der Waals surface area contributed by atoms with E-state index in [0.29, 0.717) is 11.3 Å². The Balaban J connectivity index is 3.05. The van der Waals surface area contributed by atoms with Crippen molar-refractivity contribution in [1.29, 1.82) is 0 Å². The van der Waals surface area contributed by atoms with Gasteiger partial charge >= 0.3 is 5.97 Å². The van der Waals surface area contributed by atoms with Gasteiger partial charge in [-0.2, -0.15) is 0 Å². The molecule has 0 aromatic heterocycles. The fraction of sp³-hybridized carbons (Fsp3) is 0.417. The number of sulfone groups is 1. The van der Waals surface area contributed by atoms with E-state index in [2.05, 4.69) is 0 Å². The third-order valence-corrected chi connectivity index (χ3v) is 3.81. The molecule has 106 valence electrons. The minimum atomic E-state index is -3.32. The molecule has 3 N–H and O–H groups in total. The van der Waals surface area contributed by atoms with Gasteiger partial charge in [0.1, 0.15) is 5.75 Å². The minimum absolute atomic E-state index is 0.0574. The normalized spacial score (nSPS) is 13.0. The van der Waals surface area contributed by atoms with Gasteiger partial charge in [-0.3, -0.25) is 4.79 Å². The highest BCUT2D eigenvalue weighted by Gasteiger charge is 2.16. The number of benzene rings is 1. The van der Waals surface area contributed by atoms with Crippen LogP contribution in [0.3, 0.4) is 0 Å². The zero-order chi connectivity index (χ0) is 14.6. The maximum absolute atomic E-state index is 11.4. The summed E-state index contributed by atoms with van der Waals surface area (Å²) in [7, 11) is -1.91. The van der Waals surface area contributed by atoms with Crippen LogP contribution in [0.1, 0.15) is 24.4 Å². The van der Waals surface area contributed by atoms with Crippen molar-refractivity contribution >= 4 is 15.8 Å². The van der Waals surface area contributed by atoms with Crippen LogP contribution >= 0.6 is 0 Å². The zero-order valence-electron chi connectivity index (χ0n) is 10.8. The molecule has 1 unspecified atom stereocenters. The van der Waals surface area contributed by atoms with Gasteiger partial charge in [-0.1, -0.05) is 6.07 Å². The van der Waals surface area contributed by atoms with Crippen molar-refractivity contribution in [3.8, 4) is 5.75 Å². The van der Waals surface area contributed by atoms with Crippen LogP contribution in [-0.4, -0.2) is 32.9 Å². The first-order valence-corrected chi connectivity index (χ1v) is 7.50. The molecule has 0 spiro atoms. The molecular formula is C12H17NO5S. The van der Waals surface area contributed by atoms with Gasteiger partial charge in [0.05, 0.1) is 12.0 Å². The maximum Gasteiger partial charge on any atom is 0.303 e. The summed E-state index contributed by atoms with van der Waals surface area (Å²) >= 11 is 0. The Kier molecular flexibility index (Phi) is 4.90. The molecule has 0 bridgehead atoms. The molecule has 0 fully saturated rings. The van der Waals surface area contributed by atoms with Crippen LogP contribution in [0.25, 0.3) is 0 Å². The van der Waals surface area contributed by atoms with Crippen molar-refractivity contribution in [2.45, 2.75) is 23.8 Å². The zero-order valence-corrected chi connectivity index (χ0v) is 11.6. The van der Waals surface area contributed by atoms with Gasteiger partial charge in [0, 0.05) is 24.3 Å². The van der Waals surface area contributed by atoms with E-state index >= 15 is 0 Å². The van der Waals surface area contributed by atoms with Gasteiger partial charge in [0.25, 0.3) is 0 Å². The number of nitrogens with two attached hydrogens (primary N) is 1. The summed E-state index contributed by atoms with van der Waals surface area (Å²) in [6, 6.07) is 3.88. The molecule has 0 saturated heterocycles. The van der Waals surface area contributed by atoms with Crippen molar-refractivity contribution in [1.82, 2.24) is 0 Å². The highest BCUT2D eigenvalue weighted by atomic mass is 32.2. The number of hydrogen-bond acceptors (Lipinski definition) is 5. The lowest BCUT2D eigenvalue weighted by Crippen LogP contribution is -2.14. The molecular weight excluding hydrogens is 270 g/mol. The van der Waals surface area contributed by atoms with Crippen LogP contribution in [0.2, 0.25) is 0 Å². The number of carbonyl (C=O) groups is 1. The Morgan fingerprint density at radius 3 is 2.58 bits per heavy atom. The van der Waals surface area contributed by atoms with Crippen molar-refractivity contribution in [3.63, 3.8) is 0 Å². The molecule has 0 aliphatic heterocycles. The molecule has 0 amide bonds. The molecule has 0 saturated carbocycles. The van der Waals surface area contributed by atoms with Crippen LogP contribution < -0.4 is 10.5 Å². The first-order valence-electron chi connectivity index (χ1n) is 5.61. The second-order valence-electron chi connectivity index (χ2n) is 4.21. The van der Waals surface area contributed by atoms with E-state index in [9.17, 15) is 13.2 Å². The topological polar surface area (TPSA) is 107 Å². The first-order chi connectivity index (χ1) is 8.75. The Bertz CT molecular complexity index is 567. The van der Waals surface area contributed by atoms with Crippen molar-refractivity contribution in [3.05, 3.63) is 23.8 Å². The Hall–Kier alpha value is -1.60. The van der Waals surface area contributed by atoms with Gasteiger partial charge < -0.3 is 15.6 Å². The highest BCUT2D eigenvalue weighted by Crippen LogP contribution is 2.29. The number of carboxylic acid groups (broad SMARTS) is 1. The smallest absolute Gasteiger partial charge is 0.303 e. The molecule has 1 atom stereocenters. The summed E-state index contributed by atoms with van der Waals surface area (Å²) < 4.78 is 28.0. The van der Waals surface area contributed by atoms with Gasteiger partial charge in [0.2, 0.25) is 0 Å². The van der Waals surface area contributed by atoms with E-state index < -0.39 is 21.8 Å². The molecule has 1 rings (SSSR count). The van der Waals surface area contributed by atoms with Crippen molar-refractivity contribution in [2.24, 2.45) is 5.73 Å². The predicted molar refractivity (Wildman–Crippen MR) is 69.9 cm³/mol. The molecule has 7 heteroatoms. The molecule has 1 aromatic rings. The SMILES string of the molecule is COc1cc(S(C)(=O)=O)ccc1C(N)CCC(=O)O. The maximum atomic E-state index is 11.4. The summed E-state index contributed by atoms with van der Waals surface area (Å²) in [5.41, 5.74) is 6.48. The van der Waals surface area contributed by atoms with E-state index in [0.717, 1.165) is 6.26 Å². The van der Waals surface area contributed by atoms with Crippen LogP contribution in [0, 0.1) is 0 Å².